The number of ether oxygens (including phenoxy) is 2. The number of rotatable bonds is 4. The summed E-state index contributed by atoms with van der Waals surface area (Å²) in [5.41, 5.74) is -4.08. The Morgan fingerprint density at radius 1 is 1.16 bits per heavy atom. The lowest BCUT2D eigenvalue weighted by Crippen LogP contribution is -2.54. The smallest absolute Gasteiger partial charge is 0.432 e. The van der Waals surface area contributed by atoms with E-state index in [2.05, 4.69) is 20.4 Å². The molecule has 0 aromatic heterocycles. The monoisotopic (exact) mass is 452 g/mol. The number of aliphatic hydroxyl groups is 1. The maximum Gasteiger partial charge on any atom is 0.432 e. The third kappa shape index (κ3) is 3.15. The highest BCUT2D eigenvalue weighted by Gasteiger charge is 2.71. The summed E-state index contributed by atoms with van der Waals surface area (Å²) in [6, 6.07) is 6.75. The Labute approximate surface area is 186 Å². The maximum atomic E-state index is 14.3. The molecule has 1 N–H and O–H groups in total. The molecule has 3 fully saturated rings. The zero-order valence-corrected chi connectivity index (χ0v) is 18.9. The number of fused-ring (bicyclic) bond motifs is 3. The molecule has 0 bridgehead atoms. The molecule has 3 saturated carbocycles. The molecule has 4 rings (SSSR count). The van der Waals surface area contributed by atoms with Crippen LogP contribution in [-0.2, 0) is 19.9 Å². The third-order valence-electron chi connectivity index (χ3n) is 8.48. The van der Waals surface area contributed by atoms with Gasteiger partial charge in [0.1, 0.15) is 11.7 Å². The zero-order chi connectivity index (χ0) is 23.7. The van der Waals surface area contributed by atoms with Gasteiger partial charge < -0.3 is 14.6 Å². The number of benzene rings is 1. The number of allylic oxidation sites excluding steroid dienone is 1. The van der Waals surface area contributed by atoms with E-state index in [1.165, 1.54) is 24.3 Å². The number of hydrogen-bond donors (Lipinski definition) is 1. The van der Waals surface area contributed by atoms with Crippen LogP contribution in [0.5, 0.6) is 0 Å². The maximum absolute atomic E-state index is 14.3. The fraction of sp³-hybridized carbons (Fsp3) is 0.640. The van der Waals surface area contributed by atoms with Crippen molar-refractivity contribution >= 4 is 5.97 Å². The van der Waals surface area contributed by atoms with E-state index in [4.69, 9.17) is 9.47 Å². The van der Waals surface area contributed by atoms with Gasteiger partial charge in [-0.25, -0.2) is 4.79 Å². The topological polar surface area (TPSA) is 55.8 Å². The molecule has 176 valence electrons. The summed E-state index contributed by atoms with van der Waals surface area (Å²) >= 11 is 0. The zero-order valence-electron chi connectivity index (χ0n) is 18.9. The Morgan fingerprint density at radius 2 is 1.78 bits per heavy atom. The van der Waals surface area contributed by atoms with Gasteiger partial charge in [0, 0.05) is 18.6 Å². The number of halogens is 3. The molecule has 7 heteroatoms. The van der Waals surface area contributed by atoms with Crippen LogP contribution in [0.25, 0.3) is 0 Å². The first-order chi connectivity index (χ1) is 14.8. The van der Waals surface area contributed by atoms with Gasteiger partial charge >= 0.3 is 12.1 Å². The van der Waals surface area contributed by atoms with E-state index in [0.29, 0.717) is 5.92 Å². The average Bonchev–Trinajstić information content (AvgIpc) is 3.19. The molecule has 1 aromatic carbocycles. The molecule has 0 radical (unpaired) electrons. The van der Waals surface area contributed by atoms with E-state index in [0.717, 1.165) is 25.5 Å². The molecule has 4 nitrogen and oxygen atoms in total. The van der Waals surface area contributed by atoms with Crippen LogP contribution in [0.4, 0.5) is 13.2 Å². The van der Waals surface area contributed by atoms with Gasteiger partial charge in [-0.15, -0.1) is 0 Å². The predicted molar refractivity (Wildman–Crippen MR) is 112 cm³/mol. The van der Waals surface area contributed by atoms with Crippen molar-refractivity contribution in [2.24, 2.45) is 29.1 Å². The largest absolute Gasteiger partial charge is 0.457 e. The van der Waals surface area contributed by atoms with E-state index in [1.54, 1.807) is 13.0 Å². The van der Waals surface area contributed by atoms with Crippen LogP contribution in [-0.4, -0.2) is 36.1 Å². The van der Waals surface area contributed by atoms with Crippen LogP contribution >= 0.6 is 0 Å². The molecular weight excluding hydrogens is 421 g/mol. The molecule has 1 aromatic rings. The Hall–Kier alpha value is -1.86. The van der Waals surface area contributed by atoms with Crippen LogP contribution in [0.1, 0.15) is 45.6 Å². The summed E-state index contributed by atoms with van der Waals surface area (Å²) in [5, 5.41) is 11.5. The second-order valence-corrected chi connectivity index (χ2v) is 10.4. The number of alkyl halides is 3. The van der Waals surface area contributed by atoms with Crippen molar-refractivity contribution in [3.8, 4) is 0 Å². The summed E-state index contributed by atoms with van der Waals surface area (Å²) < 4.78 is 53.1. The Morgan fingerprint density at radius 3 is 2.34 bits per heavy atom. The van der Waals surface area contributed by atoms with Crippen LogP contribution in [0, 0.1) is 29.1 Å². The van der Waals surface area contributed by atoms with E-state index in [-0.39, 0.29) is 35.2 Å². The normalized spacial score (nSPS) is 37.6. The lowest BCUT2D eigenvalue weighted by molar-refractivity contribution is -0.280. The molecule has 7 atom stereocenters. The summed E-state index contributed by atoms with van der Waals surface area (Å²) in [6.07, 6.45) is -4.07. The van der Waals surface area contributed by atoms with Crippen molar-refractivity contribution in [3.63, 3.8) is 0 Å². The van der Waals surface area contributed by atoms with Crippen molar-refractivity contribution in [2.45, 2.75) is 63.5 Å². The number of hydrogen-bond acceptors (Lipinski definition) is 4. The Balaban J connectivity index is 1.68. The van der Waals surface area contributed by atoms with E-state index in [9.17, 15) is 23.1 Å². The van der Waals surface area contributed by atoms with E-state index >= 15 is 0 Å². The second-order valence-electron chi connectivity index (χ2n) is 10.4. The minimum Gasteiger partial charge on any atom is -0.457 e. The first-order valence-corrected chi connectivity index (χ1v) is 11.1. The van der Waals surface area contributed by atoms with Gasteiger partial charge in [-0.05, 0) is 49.4 Å². The van der Waals surface area contributed by atoms with E-state index in [1.807, 2.05) is 0 Å². The highest BCUT2D eigenvalue weighted by molar-refractivity contribution is 5.83. The van der Waals surface area contributed by atoms with Crippen LogP contribution in [0.3, 0.4) is 0 Å². The van der Waals surface area contributed by atoms with E-state index < -0.39 is 29.5 Å². The van der Waals surface area contributed by atoms with Gasteiger partial charge in [0.25, 0.3) is 5.60 Å². The molecular formula is C25H31F3O4. The SMILES string of the molecule is C=C1CC[C@H]2[C@@H]([C@@H]3[C@@H]1C[C@@H](OC(=O)[C@](OC)(c1ccccc1)C(F)(F)F)[C@@]3(C)O)C2(C)C. The van der Waals surface area contributed by atoms with Gasteiger partial charge in [0.05, 0.1) is 0 Å². The summed E-state index contributed by atoms with van der Waals surface area (Å²) in [4.78, 5) is 13.2. The van der Waals surface area contributed by atoms with Crippen molar-refractivity contribution in [1.82, 2.24) is 0 Å². The highest BCUT2D eigenvalue weighted by Crippen LogP contribution is 2.71. The number of carbonyl (C=O) groups excluding carboxylic acids is 1. The standard InChI is InChI=1S/C25H31F3O4/c1-14-11-12-17-20(22(17,2)3)19-16(14)13-18(23(19,4)30)32-21(29)24(31-5,25(26,27)28)15-9-7-6-8-10-15/h6-10,16-20,30H,1,11-13H2,2-5H3/t16-,17+,18-,19+,20+,23-,24-/m1/s1. The molecule has 32 heavy (non-hydrogen) atoms. The van der Waals surface area contributed by atoms with Gasteiger partial charge in [0.2, 0.25) is 0 Å². The minimum atomic E-state index is -5.05. The molecule has 0 saturated heterocycles. The first kappa shape index (κ1) is 23.3. The molecule has 3 aliphatic carbocycles. The molecule has 0 aliphatic heterocycles. The molecule has 0 amide bonds. The lowest BCUT2D eigenvalue weighted by Gasteiger charge is -2.37. The van der Waals surface area contributed by atoms with Crippen LogP contribution in [0.2, 0.25) is 0 Å². The fourth-order valence-corrected chi connectivity index (χ4v) is 6.62. The number of esters is 1. The van der Waals surface area contributed by atoms with Crippen molar-refractivity contribution in [3.05, 3.63) is 48.0 Å². The molecule has 3 aliphatic rings. The second kappa shape index (κ2) is 7.32. The van der Waals surface area contributed by atoms with Gasteiger partial charge in [-0.2, -0.15) is 13.2 Å². The van der Waals surface area contributed by atoms with Gasteiger partial charge in [-0.1, -0.05) is 56.3 Å². The molecule has 0 spiro atoms. The Bertz CT molecular complexity index is 908. The minimum absolute atomic E-state index is 0.0405. The fourth-order valence-electron chi connectivity index (χ4n) is 6.62. The van der Waals surface area contributed by atoms with Gasteiger partial charge in [0.15, 0.2) is 0 Å². The van der Waals surface area contributed by atoms with Crippen LogP contribution in [0.15, 0.2) is 42.5 Å². The summed E-state index contributed by atoms with van der Waals surface area (Å²) in [7, 11) is 0.845. The molecule has 0 heterocycles. The quantitative estimate of drug-likeness (QED) is 0.515. The number of carbonyl (C=O) groups is 1. The van der Waals surface area contributed by atoms with Crippen LogP contribution < -0.4 is 0 Å². The van der Waals surface area contributed by atoms with Crippen molar-refractivity contribution in [1.29, 1.82) is 0 Å². The lowest BCUT2D eigenvalue weighted by atomic mass is 9.77. The highest BCUT2D eigenvalue weighted by atomic mass is 19.4. The third-order valence-corrected chi connectivity index (χ3v) is 8.48. The Kier molecular flexibility index (Phi) is 5.33. The first-order valence-electron chi connectivity index (χ1n) is 11.1. The summed E-state index contributed by atoms with van der Waals surface area (Å²) in [6.45, 7) is 10.1. The van der Waals surface area contributed by atoms with Crippen molar-refractivity contribution in [2.75, 3.05) is 7.11 Å². The average molecular weight is 453 g/mol. The predicted octanol–water partition coefficient (Wildman–Crippen LogP) is 5.01. The van der Waals surface area contributed by atoms with Gasteiger partial charge in [-0.3, -0.25) is 0 Å². The summed E-state index contributed by atoms with van der Waals surface area (Å²) in [5.74, 6) is -1.23. The van der Waals surface area contributed by atoms with Crippen molar-refractivity contribution < 1.29 is 32.5 Å². The molecule has 0 unspecified atom stereocenters. The number of methoxy groups -OCH3 is 1.